The van der Waals surface area contributed by atoms with Crippen LogP contribution >= 0.6 is 0 Å². The lowest BCUT2D eigenvalue weighted by Gasteiger charge is -2.40. The molecule has 2 unspecified atom stereocenters. The molecule has 7 nitrogen and oxygen atoms in total. The molecule has 0 amide bonds. The van der Waals surface area contributed by atoms with Gasteiger partial charge in [0.25, 0.3) is 0 Å². The summed E-state index contributed by atoms with van der Waals surface area (Å²) in [5, 5.41) is 3.37. The molecule has 0 bridgehead atoms. The van der Waals surface area contributed by atoms with Crippen LogP contribution in [0.4, 0.5) is 0 Å². The summed E-state index contributed by atoms with van der Waals surface area (Å²) in [6, 6.07) is 0.874. The molecule has 5 N–H and O–H groups in total. The highest BCUT2D eigenvalue weighted by atomic mass is 28.4. The highest BCUT2D eigenvalue weighted by Gasteiger charge is 2.49. The van der Waals surface area contributed by atoms with Crippen molar-refractivity contribution in [2.24, 2.45) is 11.5 Å². The summed E-state index contributed by atoms with van der Waals surface area (Å²) in [7, 11) is -4.55. The molecule has 0 saturated carbocycles. The SMILES string of the molecule is CCCO[SiH](OCCC)C(C)C(N)[Si](CCCNCCN)(OCCC)OCCC. The van der Waals surface area contributed by atoms with Crippen molar-refractivity contribution in [2.75, 3.05) is 46.1 Å². The molecule has 0 aromatic heterocycles. The Balaban J connectivity index is 5.39. The van der Waals surface area contributed by atoms with E-state index in [1.807, 2.05) is 0 Å². The van der Waals surface area contributed by atoms with Crippen LogP contribution in [0.3, 0.4) is 0 Å². The van der Waals surface area contributed by atoms with Gasteiger partial charge in [0.2, 0.25) is 0 Å². The Kier molecular flexibility index (Phi) is 19.0. The molecule has 0 aromatic rings. The Labute approximate surface area is 182 Å². The molecular formula is C20H49N3O4Si2. The van der Waals surface area contributed by atoms with Crippen LogP contribution in [0.25, 0.3) is 0 Å². The molecular weight excluding hydrogens is 402 g/mol. The maximum atomic E-state index is 6.91. The normalized spacial score (nSPS) is 14.5. The van der Waals surface area contributed by atoms with E-state index in [0.29, 0.717) is 19.8 Å². The van der Waals surface area contributed by atoms with Crippen molar-refractivity contribution in [3.8, 4) is 0 Å². The van der Waals surface area contributed by atoms with Crippen molar-refractivity contribution in [2.45, 2.75) is 84.0 Å². The summed E-state index contributed by atoms with van der Waals surface area (Å²) >= 11 is 0. The van der Waals surface area contributed by atoms with E-state index in [4.69, 9.17) is 29.2 Å². The Bertz CT molecular complexity index is 355. The largest absolute Gasteiger partial charge is 0.396 e. The minimum Gasteiger partial charge on any atom is -0.396 e. The topological polar surface area (TPSA) is 101 Å². The van der Waals surface area contributed by atoms with Crippen molar-refractivity contribution in [3.63, 3.8) is 0 Å². The van der Waals surface area contributed by atoms with Gasteiger partial charge < -0.3 is 34.5 Å². The van der Waals surface area contributed by atoms with Gasteiger partial charge in [-0.25, -0.2) is 0 Å². The second-order valence-electron chi connectivity index (χ2n) is 7.65. The molecule has 9 heteroatoms. The van der Waals surface area contributed by atoms with Crippen molar-refractivity contribution in [3.05, 3.63) is 0 Å². The van der Waals surface area contributed by atoms with Crippen LogP contribution in [0.1, 0.15) is 66.7 Å². The lowest BCUT2D eigenvalue weighted by molar-refractivity contribution is 0.149. The highest BCUT2D eigenvalue weighted by Crippen LogP contribution is 2.29. The van der Waals surface area contributed by atoms with Crippen LogP contribution in [-0.2, 0) is 17.7 Å². The number of rotatable bonds is 21. The van der Waals surface area contributed by atoms with Crippen LogP contribution < -0.4 is 16.8 Å². The van der Waals surface area contributed by atoms with Crippen LogP contribution in [0.5, 0.6) is 0 Å². The molecule has 0 aliphatic heterocycles. The molecule has 0 fully saturated rings. The summed E-state index contributed by atoms with van der Waals surface area (Å²) < 4.78 is 25.3. The van der Waals surface area contributed by atoms with Gasteiger partial charge in [0, 0.05) is 45.1 Å². The highest BCUT2D eigenvalue weighted by molar-refractivity contribution is 6.71. The smallest absolute Gasteiger partial charge is 0.355 e. The molecule has 2 atom stereocenters. The molecule has 0 heterocycles. The average Bonchev–Trinajstić information content (AvgIpc) is 2.74. The number of nitrogens with one attached hydrogen (secondary N) is 1. The fourth-order valence-corrected chi connectivity index (χ4v) is 10.2. The Morgan fingerprint density at radius 3 is 1.83 bits per heavy atom. The number of nitrogens with two attached hydrogens (primary N) is 2. The van der Waals surface area contributed by atoms with Gasteiger partial charge in [-0.2, -0.15) is 0 Å². The van der Waals surface area contributed by atoms with Gasteiger partial charge in [-0.05, 0) is 44.7 Å². The van der Waals surface area contributed by atoms with Crippen molar-refractivity contribution in [1.29, 1.82) is 0 Å². The Morgan fingerprint density at radius 1 is 0.862 bits per heavy atom. The molecule has 0 spiro atoms. The van der Waals surface area contributed by atoms with Crippen LogP contribution in [0.15, 0.2) is 0 Å². The molecule has 0 radical (unpaired) electrons. The summed E-state index contributed by atoms with van der Waals surface area (Å²) in [6.45, 7) is 15.9. The van der Waals surface area contributed by atoms with Gasteiger partial charge in [-0.15, -0.1) is 0 Å². The lowest BCUT2D eigenvalue weighted by atomic mass is 10.4. The van der Waals surface area contributed by atoms with E-state index in [0.717, 1.165) is 64.5 Å². The fourth-order valence-electron chi connectivity index (χ4n) is 3.17. The van der Waals surface area contributed by atoms with E-state index >= 15 is 0 Å². The molecule has 29 heavy (non-hydrogen) atoms. The first-order chi connectivity index (χ1) is 14.0. The summed E-state index contributed by atoms with van der Waals surface area (Å²) in [5.41, 5.74) is 12.5. The Hall–Kier alpha value is 0.154. The zero-order valence-corrected chi connectivity index (χ0v) is 21.9. The van der Waals surface area contributed by atoms with Crippen LogP contribution in [-0.4, -0.2) is 69.6 Å². The molecule has 0 aliphatic rings. The zero-order valence-electron chi connectivity index (χ0n) is 19.7. The third-order valence-corrected chi connectivity index (χ3v) is 11.5. The van der Waals surface area contributed by atoms with Gasteiger partial charge in [-0.3, -0.25) is 0 Å². The monoisotopic (exact) mass is 451 g/mol. The van der Waals surface area contributed by atoms with Crippen molar-refractivity contribution >= 4 is 17.8 Å². The molecule has 0 saturated heterocycles. The third kappa shape index (κ3) is 11.9. The van der Waals surface area contributed by atoms with Crippen LogP contribution in [0.2, 0.25) is 11.6 Å². The van der Waals surface area contributed by atoms with Crippen molar-refractivity contribution in [1.82, 2.24) is 5.32 Å². The molecule has 0 rings (SSSR count). The minimum atomic E-state index is -2.62. The lowest BCUT2D eigenvalue weighted by Crippen LogP contribution is -2.62. The second-order valence-corrected chi connectivity index (χ2v) is 13.5. The quantitative estimate of drug-likeness (QED) is 0.182. The summed E-state index contributed by atoms with van der Waals surface area (Å²) in [4.78, 5) is 0. The van der Waals surface area contributed by atoms with Crippen molar-refractivity contribution < 1.29 is 17.7 Å². The zero-order chi connectivity index (χ0) is 22.0. The maximum Gasteiger partial charge on any atom is 0.355 e. The van der Waals surface area contributed by atoms with E-state index in [9.17, 15) is 0 Å². The van der Waals surface area contributed by atoms with Gasteiger partial charge in [0.05, 0.1) is 5.67 Å². The first kappa shape index (κ1) is 29.2. The van der Waals surface area contributed by atoms with Gasteiger partial charge >= 0.3 is 17.8 Å². The third-order valence-electron chi connectivity index (χ3n) is 4.78. The first-order valence-electron chi connectivity index (χ1n) is 11.7. The number of hydrogen-bond donors (Lipinski definition) is 3. The summed E-state index contributed by atoms with van der Waals surface area (Å²) in [5.74, 6) is 0. The molecule has 176 valence electrons. The molecule has 0 aromatic carbocycles. The molecule has 0 aliphatic carbocycles. The van der Waals surface area contributed by atoms with E-state index in [1.54, 1.807) is 0 Å². The van der Waals surface area contributed by atoms with Gasteiger partial charge in [0.1, 0.15) is 0 Å². The first-order valence-corrected chi connectivity index (χ1v) is 15.4. The van der Waals surface area contributed by atoms with E-state index in [2.05, 4.69) is 39.9 Å². The maximum absolute atomic E-state index is 6.91. The van der Waals surface area contributed by atoms with E-state index < -0.39 is 17.8 Å². The predicted molar refractivity (Wildman–Crippen MR) is 127 cm³/mol. The predicted octanol–water partition coefficient (Wildman–Crippen LogP) is 2.55. The average molecular weight is 452 g/mol. The van der Waals surface area contributed by atoms with Crippen LogP contribution in [0, 0.1) is 0 Å². The second kappa shape index (κ2) is 18.9. The van der Waals surface area contributed by atoms with E-state index in [-0.39, 0.29) is 11.2 Å². The number of hydrogen-bond acceptors (Lipinski definition) is 7. The van der Waals surface area contributed by atoms with Gasteiger partial charge in [0.15, 0.2) is 0 Å². The van der Waals surface area contributed by atoms with E-state index in [1.165, 1.54) is 0 Å². The van der Waals surface area contributed by atoms with Gasteiger partial charge in [-0.1, -0.05) is 34.6 Å². The fraction of sp³-hybridized carbons (Fsp3) is 1.00. The Morgan fingerprint density at radius 2 is 1.38 bits per heavy atom. The minimum absolute atomic E-state index is 0.130. The summed E-state index contributed by atoms with van der Waals surface area (Å²) in [6.07, 6.45) is 4.84. The standard InChI is InChI=1S/C20H49N3O4Si2/c1-6-14-24-28(25-15-7-2)19(5)20(22)29(26-16-8-3,27-17-9-4)18-10-12-23-13-11-21/h19-20,23,28H,6-18,21-22H2,1-5H3.